The van der Waals surface area contributed by atoms with Crippen molar-refractivity contribution in [3.05, 3.63) is 34.9 Å². The molecule has 0 aromatic heterocycles. The molecule has 0 radical (unpaired) electrons. The highest BCUT2D eigenvalue weighted by Crippen LogP contribution is 2.35. The molecule has 0 amide bonds. The topological polar surface area (TPSA) is 23.8 Å². The monoisotopic (exact) mass is 319 g/mol. The number of nitrogens with zero attached hydrogens (tertiary/aromatic N) is 1. The summed E-state index contributed by atoms with van der Waals surface area (Å²) in [4.78, 5) is 0. The van der Waals surface area contributed by atoms with Crippen LogP contribution in [-0.4, -0.2) is 0 Å². The predicted molar refractivity (Wildman–Crippen MR) is 89.0 cm³/mol. The molecular formula is C20H27F2N. The largest absolute Gasteiger partial charge is 0.205 e. The Balaban J connectivity index is 1.90. The first-order valence-corrected chi connectivity index (χ1v) is 9.03. The Bertz CT molecular complexity index is 518. The highest BCUT2D eigenvalue weighted by molar-refractivity contribution is 5.35. The van der Waals surface area contributed by atoms with Crippen LogP contribution in [0.3, 0.4) is 0 Å². The lowest BCUT2D eigenvalue weighted by atomic mass is 9.76. The van der Waals surface area contributed by atoms with Gasteiger partial charge in [-0.05, 0) is 48.8 Å². The van der Waals surface area contributed by atoms with Crippen molar-refractivity contribution in [1.29, 1.82) is 5.26 Å². The Hall–Kier alpha value is -1.43. The molecule has 1 nitrogen and oxygen atoms in total. The van der Waals surface area contributed by atoms with Crippen LogP contribution in [0.1, 0.15) is 75.8 Å². The Labute approximate surface area is 138 Å². The van der Waals surface area contributed by atoms with E-state index in [2.05, 4.69) is 6.92 Å². The van der Waals surface area contributed by atoms with E-state index in [0.717, 1.165) is 24.7 Å². The molecule has 1 aromatic rings. The molecular weight excluding hydrogens is 292 g/mol. The van der Waals surface area contributed by atoms with Crippen LogP contribution in [0.5, 0.6) is 0 Å². The zero-order valence-electron chi connectivity index (χ0n) is 14.1. The molecule has 1 atom stereocenters. The zero-order chi connectivity index (χ0) is 16.7. The Morgan fingerprint density at radius 2 is 1.78 bits per heavy atom. The second-order valence-electron chi connectivity index (χ2n) is 6.89. The number of aryl methyl sites for hydroxylation is 1. The van der Waals surface area contributed by atoms with Crippen LogP contribution >= 0.6 is 0 Å². The van der Waals surface area contributed by atoms with Crippen LogP contribution < -0.4 is 0 Å². The van der Waals surface area contributed by atoms with Gasteiger partial charge >= 0.3 is 0 Å². The standard InChI is InChI=1S/C20H27F2N/c1-2-7-16(17-9-4-3-5-10-17)11-6-8-15-12-19(21)18(14-23)20(22)13-15/h12-13,16-17H,2-11H2,1H3. The lowest BCUT2D eigenvalue weighted by Crippen LogP contribution is -2.18. The van der Waals surface area contributed by atoms with Gasteiger partial charge in [0, 0.05) is 0 Å². The SMILES string of the molecule is CCCC(CCCc1cc(F)c(C#N)c(F)c1)C1CCCCC1. The lowest BCUT2D eigenvalue weighted by Gasteiger charge is -2.30. The molecule has 0 saturated heterocycles. The quantitative estimate of drug-likeness (QED) is 0.591. The minimum absolute atomic E-state index is 0.472. The summed E-state index contributed by atoms with van der Waals surface area (Å²) in [6, 6.07) is 4.21. The number of benzene rings is 1. The highest BCUT2D eigenvalue weighted by atomic mass is 19.1. The van der Waals surface area contributed by atoms with E-state index in [1.54, 1.807) is 6.07 Å². The van der Waals surface area contributed by atoms with Crippen molar-refractivity contribution < 1.29 is 8.78 Å². The van der Waals surface area contributed by atoms with Gasteiger partial charge in [-0.2, -0.15) is 5.26 Å². The molecule has 0 spiro atoms. The van der Waals surface area contributed by atoms with Crippen LogP contribution in [0.15, 0.2) is 12.1 Å². The average molecular weight is 319 g/mol. The molecule has 0 heterocycles. The molecule has 1 aliphatic carbocycles. The van der Waals surface area contributed by atoms with Crippen molar-refractivity contribution in [3.63, 3.8) is 0 Å². The predicted octanol–water partition coefficient (Wildman–Crippen LogP) is 6.16. The number of hydrogen-bond acceptors (Lipinski definition) is 1. The van der Waals surface area contributed by atoms with Gasteiger partial charge in [-0.15, -0.1) is 0 Å². The number of halogens is 2. The van der Waals surface area contributed by atoms with E-state index >= 15 is 0 Å². The summed E-state index contributed by atoms with van der Waals surface area (Å²) >= 11 is 0. The summed E-state index contributed by atoms with van der Waals surface area (Å²) in [6.45, 7) is 2.24. The van der Waals surface area contributed by atoms with Gasteiger partial charge in [-0.3, -0.25) is 0 Å². The van der Waals surface area contributed by atoms with Gasteiger partial charge in [-0.25, -0.2) is 8.78 Å². The molecule has 0 aliphatic heterocycles. The fraction of sp³-hybridized carbons (Fsp3) is 0.650. The van der Waals surface area contributed by atoms with Crippen molar-refractivity contribution in [2.24, 2.45) is 11.8 Å². The molecule has 1 unspecified atom stereocenters. The van der Waals surface area contributed by atoms with Gasteiger partial charge in [0.15, 0.2) is 0 Å². The summed E-state index contributed by atoms with van der Waals surface area (Å²) in [5.74, 6) is 0.131. The lowest BCUT2D eigenvalue weighted by molar-refractivity contribution is 0.220. The first kappa shape index (κ1) is 17.9. The van der Waals surface area contributed by atoms with Crippen LogP contribution in [-0.2, 0) is 6.42 Å². The maximum absolute atomic E-state index is 13.6. The number of hydrogen-bond donors (Lipinski definition) is 0. The van der Waals surface area contributed by atoms with E-state index in [1.807, 2.05) is 0 Å². The summed E-state index contributed by atoms with van der Waals surface area (Å²) < 4.78 is 27.3. The minimum Gasteiger partial charge on any atom is -0.205 e. The van der Waals surface area contributed by atoms with Gasteiger partial charge in [0.25, 0.3) is 0 Å². The Kier molecular flexibility index (Phi) is 7.02. The van der Waals surface area contributed by atoms with Gasteiger partial charge < -0.3 is 0 Å². The summed E-state index contributed by atoms with van der Waals surface area (Å²) in [6.07, 6.45) is 12.1. The molecule has 0 bridgehead atoms. The second kappa shape index (κ2) is 9.01. The van der Waals surface area contributed by atoms with Crippen LogP contribution in [0.25, 0.3) is 0 Å². The third kappa shape index (κ3) is 5.03. The van der Waals surface area contributed by atoms with Crippen LogP contribution in [0.4, 0.5) is 8.78 Å². The summed E-state index contributed by atoms with van der Waals surface area (Å²) in [5.41, 5.74) is 0.192. The molecule has 2 rings (SSSR count). The van der Waals surface area contributed by atoms with Gasteiger partial charge in [0.05, 0.1) is 0 Å². The zero-order valence-corrected chi connectivity index (χ0v) is 14.1. The minimum atomic E-state index is -0.736. The van der Waals surface area contributed by atoms with Crippen molar-refractivity contribution in [2.75, 3.05) is 0 Å². The highest BCUT2D eigenvalue weighted by Gasteiger charge is 2.22. The smallest absolute Gasteiger partial charge is 0.144 e. The first-order valence-electron chi connectivity index (χ1n) is 9.03. The van der Waals surface area contributed by atoms with Crippen LogP contribution in [0.2, 0.25) is 0 Å². The molecule has 1 saturated carbocycles. The fourth-order valence-electron chi connectivity index (χ4n) is 4.04. The third-order valence-electron chi connectivity index (χ3n) is 5.23. The molecule has 126 valence electrons. The van der Waals surface area contributed by atoms with E-state index in [0.29, 0.717) is 12.0 Å². The van der Waals surface area contributed by atoms with Crippen molar-refractivity contribution in [3.8, 4) is 6.07 Å². The number of rotatable bonds is 7. The Morgan fingerprint density at radius 1 is 1.13 bits per heavy atom. The molecule has 1 aromatic carbocycles. The maximum Gasteiger partial charge on any atom is 0.144 e. The fourth-order valence-corrected chi connectivity index (χ4v) is 4.04. The van der Waals surface area contributed by atoms with Gasteiger partial charge in [0.2, 0.25) is 0 Å². The van der Waals surface area contributed by atoms with E-state index in [9.17, 15) is 8.78 Å². The second-order valence-corrected chi connectivity index (χ2v) is 6.89. The van der Waals surface area contributed by atoms with Crippen LogP contribution in [0, 0.1) is 34.8 Å². The normalized spacial score (nSPS) is 17.0. The van der Waals surface area contributed by atoms with E-state index in [-0.39, 0.29) is 0 Å². The Morgan fingerprint density at radius 3 is 2.35 bits per heavy atom. The number of nitriles is 1. The average Bonchev–Trinajstić information content (AvgIpc) is 2.55. The molecule has 3 heteroatoms. The summed E-state index contributed by atoms with van der Waals surface area (Å²) in [7, 11) is 0. The molecule has 1 fully saturated rings. The first-order chi connectivity index (χ1) is 11.2. The van der Waals surface area contributed by atoms with Crippen molar-refractivity contribution in [1.82, 2.24) is 0 Å². The van der Waals surface area contributed by atoms with E-state index in [4.69, 9.17) is 5.26 Å². The third-order valence-corrected chi connectivity index (χ3v) is 5.23. The maximum atomic E-state index is 13.6. The van der Waals surface area contributed by atoms with Crippen molar-refractivity contribution >= 4 is 0 Å². The van der Waals surface area contributed by atoms with E-state index in [1.165, 1.54) is 57.1 Å². The van der Waals surface area contributed by atoms with Gasteiger partial charge in [0.1, 0.15) is 23.3 Å². The summed E-state index contributed by atoms with van der Waals surface area (Å²) in [5, 5.41) is 8.71. The molecule has 1 aliphatic rings. The van der Waals surface area contributed by atoms with Gasteiger partial charge in [-0.1, -0.05) is 51.9 Å². The van der Waals surface area contributed by atoms with E-state index < -0.39 is 17.2 Å². The molecule has 0 N–H and O–H groups in total. The van der Waals surface area contributed by atoms with Crippen molar-refractivity contribution in [2.45, 2.75) is 71.1 Å². The molecule has 23 heavy (non-hydrogen) atoms.